The molecule has 100 valence electrons. The predicted molar refractivity (Wildman–Crippen MR) is 85.8 cm³/mol. The fourth-order valence-corrected chi connectivity index (χ4v) is 2.97. The molecule has 0 aliphatic carbocycles. The van der Waals surface area contributed by atoms with E-state index in [1.807, 2.05) is 13.1 Å². The SMILES string of the molecule is CCc1ccc(C(NC)c2ccc(F)cc2I)cc1. The number of nitrogens with one attached hydrogen (secondary N) is 1. The molecular formula is C16H17FIN. The minimum atomic E-state index is -0.190. The summed E-state index contributed by atoms with van der Waals surface area (Å²) >= 11 is 2.19. The number of hydrogen-bond acceptors (Lipinski definition) is 1. The Balaban J connectivity index is 2.37. The van der Waals surface area contributed by atoms with Gasteiger partial charge in [-0.2, -0.15) is 0 Å². The second-order valence-electron chi connectivity index (χ2n) is 4.48. The van der Waals surface area contributed by atoms with Gasteiger partial charge in [0.15, 0.2) is 0 Å². The maximum absolute atomic E-state index is 13.2. The Bertz CT molecular complexity index is 551. The molecule has 0 saturated carbocycles. The lowest BCUT2D eigenvalue weighted by molar-refractivity contribution is 0.621. The molecule has 0 aliphatic heterocycles. The van der Waals surface area contributed by atoms with E-state index in [4.69, 9.17) is 0 Å². The molecule has 1 atom stereocenters. The van der Waals surface area contributed by atoms with Gasteiger partial charge < -0.3 is 5.32 Å². The summed E-state index contributed by atoms with van der Waals surface area (Å²) in [7, 11) is 1.93. The lowest BCUT2D eigenvalue weighted by Crippen LogP contribution is -2.18. The smallest absolute Gasteiger partial charge is 0.124 e. The molecule has 0 fully saturated rings. The first kappa shape index (κ1) is 14.5. The van der Waals surface area contributed by atoms with Crippen LogP contribution in [0.3, 0.4) is 0 Å². The standard InChI is InChI=1S/C16H17FIN/c1-3-11-4-6-12(7-5-11)16(19-2)14-9-8-13(17)10-15(14)18/h4-10,16,19H,3H2,1-2H3. The Hall–Kier alpha value is -0.940. The summed E-state index contributed by atoms with van der Waals surface area (Å²) in [6, 6.07) is 13.6. The van der Waals surface area contributed by atoms with Gasteiger partial charge >= 0.3 is 0 Å². The molecule has 1 nitrogen and oxygen atoms in total. The first-order chi connectivity index (χ1) is 9.15. The number of rotatable bonds is 4. The highest BCUT2D eigenvalue weighted by Gasteiger charge is 2.15. The molecule has 2 rings (SSSR count). The highest BCUT2D eigenvalue weighted by atomic mass is 127. The van der Waals surface area contributed by atoms with Crippen LogP contribution in [0.15, 0.2) is 42.5 Å². The third-order valence-corrected chi connectivity index (χ3v) is 4.22. The van der Waals surface area contributed by atoms with E-state index in [9.17, 15) is 4.39 Å². The predicted octanol–water partition coefficient (Wildman–Crippen LogP) is 4.30. The summed E-state index contributed by atoms with van der Waals surface area (Å²) in [5.74, 6) is -0.190. The van der Waals surface area contributed by atoms with Crippen molar-refractivity contribution in [3.8, 4) is 0 Å². The molecule has 0 aliphatic rings. The zero-order chi connectivity index (χ0) is 13.8. The van der Waals surface area contributed by atoms with Gasteiger partial charge in [-0.1, -0.05) is 37.3 Å². The number of aryl methyl sites for hydroxylation is 1. The first-order valence-corrected chi connectivity index (χ1v) is 7.44. The summed E-state index contributed by atoms with van der Waals surface area (Å²) in [6.07, 6.45) is 1.04. The van der Waals surface area contributed by atoms with Crippen LogP contribution in [0.5, 0.6) is 0 Å². The summed E-state index contributed by atoms with van der Waals surface area (Å²) in [4.78, 5) is 0. The van der Waals surface area contributed by atoms with Crippen molar-refractivity contribution in [1.82, 2.24) is 5.32 Å². The van der Waals surface area contributed by atoms with Crippen molar-refractivity contribution < 1.29 is 4.39 Å². The third-order valence-electron chi connectivity index (χ3n) is 3.28. The van der Waals surface area contributed by atoms with E-state index in [1.165, 1.54) is 17.2 Å². The van der Waals surface area contributed by atoms with Crippen molar-refractivity contribution >= 4 is 22.6 Å². The number of hydrogen-bond donors (Lipinski definition) is 1. The normalized spacial score (nSPS) is 12.4. The summed E-state index contributed by atoms with van der Waals surface area (Å²) in [5.41, 5.74) is 3.63. The molecule has 0 bridgehead atoms. The van der Waals surface area contributed by atoms with Crippen molar-refractivity contribution in [3.05, 3.63) is 68.5 Å². The van der Waals surface area contributed by atoms with Crippen LogP contribution in [0.4, 0.5) is 4.39 Å². The van der Waals surface area contributed by atoms with Gasteiger partial charge in [-0.3, -0.25) is 0 Å². The Morgan fingerprint density at radius 2 is 1.84 bits per heavy atom. The zero-order valence-corrected chi connectivity index (χ0v) is 13.2. The molecule has 1 N–H and O–H groups in total. The Labute approximate surface area is 127 Å². The molecule has 0 radical (unpaired) electrons. The molecule has 0 spiro atoms. The summed E-state index contributed by atoms with van der Waals surface area (Å²) in [6.45, 7) is 2.15. The van der Waals surface area contributed by atoms with E-state index in [0.29, 0.717) is 0 Å². The van der Waals surface area contributed by atoms with Crippen LogP contribution in [-0.2, 0) is 6.42 Å². The topological polar surface area (TPSA) is 12.0 Å². The third kappa shape index (κ3) is 3.34. The van der Waals surface area contributed by atoms with Crippen molar-refractivity contribution in [2.24, 2.45) is 0 Å². The minimum Gasteiger partial charge on any atom is -0.309 e. The minimum absolute atomic E-state index is 0.0957. The van der Waals surface area contributed by atoms with Crippen LogP contribution >= 0.6 is 22.6 Å². The maximum atomic E-state index is 13.2. The molecular weight excluding hydrogens is 352 g/mol. The lowest BCUT2D eigenvalue weighted by Gasteiger charge is -2.19. The summed E-state index contributed by atoms with van der Waals surface area (Å²) in [5, 5.41) is 3.31. The molecule has 3 heteroatoms. The molecule has 19 heavy (non-hydrogen) atoms. The van der Waals surface area contributed by atoms with Gasteiger partial charge in [-0.05, 0) is 64.9 Å². The molecule has 0 aromatic heterocycles. The van der Waals surface area contributed by atoms with E-state index >= 15 is 0 Å². The Kier molecular flexibility index (Phi) is 4.93. The maximum Gasteiger partial charge on any atom is 0.124 e. The molecule has 2 aromatic rings. The van der Waals surface area contributed by atoms with E-state index in [-0.39, 0.29) is 11.9 Å². The first-order valence-electron chi connectivity index (χ1n) is 6.36. The van der Waals surface area contributed by atoms with Gasteiger partial charge in [0.1, 0.15) is 5.82 Å². The van der Waals surface area contributed by atoms with Crippen molar-refractivity contribution in [2.45, 2.75) is 19.4 Å². The Morgan fingerprint density at radius 3 is 2.37 bits per heavy atom. The van der Waals surface area contributed by atoms with Gasteiger partial charge in [0.25, 0.3) is 0 Å². The van der Waals surface area contributed by atoms with Gasteiger partial charge in [-0.15, -0.1) is 0 Å². The highest BCUT2D eigenvalue weighted by molar-refractivity contribution is 14.1. The quantitative estimate of drug-likeness (QED) is 0.793. The monoisotopic (exact) mass is 369 g/mol. The van der Waals surface area contributed by atoms with Crippen molar-refractivity contribution in [2.75, 3.05) is 7.05 Å². The Morgan fingerprint density at radius 1 is 1.16 bits per heavy atom. The fourth-order valence-electron chi connectivity index (χ4n) is 2.18. The summed E-state index contributed by atoms with van der Waals surface area (Å²) < 4.78 is 14.1. The fraction of sp³-hybridized carbons (Fsp3) is 0.250. The van der Waals surface area contributed by atoms with Crippen LogP contribution in [-0.4, -0.2) is 7.05 Å². The molecule has 2 aromatic carbocycles. The molecule has 0 heterocycles. The van der Waals surface area contributed by atoms with Crippen LogP contribution < -0.4 is 5.32 Å². The molecule has 0 amide bonds. The van der Waals surface area contributed by atoms with E-state index in [1.54, 1.807) is 6.07 Å². The van der Waals surface area contributed by atoms with Crippen molar-refractivity contribution in [1.29, 1.82) is 0 Å². The second kappa shape index (κ2) is 6.48. The number of benzene rings is 2. The second-order valence-corrected chi connectivity index (χ2v) is 5.64. The van der Waals surface area contributed by atoms with Crippen LogP contribution in [0, 0.1) is 9.39 Å². The molecule has 1 unspecified atom stereocenters. The van der Waals surface area contributed by atoms with E-state index < -0.39 is 0 Å². The van der Waals surface area contributed by atoms with Gasteiger partial charge in [0.05, 0.1) is 6.04 Å². The lowest BCUT2D eigenvalue weighted by atomic mass is 9.97. The van der Waals surface area contributed by atoms with Gasteiger partial charge in [0.2, 0.25) is 0 Å². The average molecular weight is 369 g/mol. The van der Waals surface area contributed by atoms with E-state index in [0.717, 1.165) is 15.6 Å². The van der Waals surface area contributed by atoms with Crippen LogP contribution in [0.1, 0.15) is 29.7 Å². The van der Waals surface area contributed by atoms with Crippen LogP contribution in [0.2, 0.25) is 0 Å². The van der Waals surface area contributed by atoms with Crippen LogP contribution in [0.25, 0.3) is 0 Å². The average Bonchev–Trinajstić information content (AvgIpc) is 2.42. The highest BCUT2D eigenvalue weighted by Crippen LogP contribution is 2.26. The van der Waals surface area contributed by atoms with Gasteiger partial charge in [-0.25, -0.2) is 4.39 Å². The van der Waals surface area contributed by atoms with Crippen molar-refractivity contribution in [3.63, 3.8) is 0 Å². The van der Waals surface area contributed by atoms with Gasteiger partial charge in [0, 0.05) is 3.57 Å². The van der Waals surface area contributed by atoms with E-state index in [2.05, 4.69) is 59.1 Å². The molecule has 0 saturated heterocycles. The number of halogens is 2. The zero-order valence-electron chi connectivity index (χ0n) is 11.1. The largest absolute Gasteiger partial charge is 0.309 e.